The number of hydrogen-bond donors (Lipinski definition) is 2. The van der Waals surface area contributed by atoms with Gasteiger partial charge in [0.2, 0.25) is 11.7 Å². The number of allylic oxidation sites excluding steroid dienone is 1. The Morgan fingerprint density at radius 2 is 1.12 bits per heavy atom. The maximum atomic E-state index is 11.1. The SMILES string of the molecule is C#CC(=O)C(C)C.C#CC(=O)NC(C)C.C=CC(=O)C(C)C.C=CC(=O)NC(C)C.CC(C)N1C(=O)C=C(Br)C1=O.CC(C)N1C(=O)C=CC1=O. The first-order valence-electron chi connectivity index (χ1n) is 16.0. The quantitative estimate of drug-likeness (QED) is 0.158. The lowest BCUT2D eigenvalue weighted by Gasteiger charge is -2.17. The Balaban J connectivity index is -0.000000263. The van der Waals surface area contributed by atoms with Gasteiger partial charge in [-0.25, -0.2) is 0 Å². The highest BCUT2D eigenvalue weighted by Crippen LogP contribution is 2.19. The van der Waals surface area contributed by atoms with Crippen LogP contribution in [0.2, 0.25) is 0 Å². The smallest absolute Gasteiger partial charge is 0.295 e. The van der Waals surface area contributed by atoms with Crippen LogP contribution < -0.4 is 10.6 Å². The minimum Gasteiger partial charge on any atom is -0.350 e. The third-order valence-corrected chi connectivity index (χ3v) is 5.96. The molecule has 0 radical (unpaired) electrons. The molecule has 0 aliphatic carbocycles. The Bertz CT molecular complexity index is 1370. The fourth-order valence-electron chi connectivity index (χ4n) is 2.91. The third-order valence-electron chi connectivity index (χ3n) is 5.39. The average Bonchev–Trinajstić information content (AvgIpc) is 3.51. The number of nitrogens with one attached hydrogen (secondary N) is 2. The monoisotopic (exact) mass is 774 g/mol. The molecule has 0 spiro atoms. The van der Waals surface area contributed by atoms with Crippen molar-refractivity contribution in [2.75, 3.05) is 0 Å². The summed E-state index contributed by atoms with van der Waals surface area (Å²) in [6.45, 7) is 28.6. The van der Waals surface area contributed by atoms with Gasteiger partial charge in [0.25, 0.3) is 29.5 Å². The van der Waals surface area contributed by atoms with Crippen molar-refractivity contribution < 1.29 is 38.4 Å². The first-order valence-corrected chi connectivity index (χ1v) is 16.8. The summed E-state index contributed by atoms with van der Waals surface area (Å²) in [6.07, 6.45) is 16.0. The number of halogens is 1. The normalized spacial score (nSPS) is 12.5. The van der Waals surface area contributed by atoms with E-state index in [1.54, 1.807) is 27.7 Å². The van der Waals surface area contributed by atoms with Gasteiger partial charge in [0, 0.05) is 54.2 Å². The number of imide groups is 2. The Morgan fingerprint density at radius 3 is 1.24 bits per heavy atom. The second kappa shape index (κ2) is 28.9. The van der Waals surface area contributed by atoms with E-state index in [1.807, 2.05) is 67.2 Å². The molecule has 2 N–H and O–H groups in total. The van der Waals surface area contributed by atoms with Crippen LogP contribution in [0.4, 0.5) is 0 Å². The van der Waals surface area contributed by atoms with Crippen LogP contribution in [0.3, 0.4) is 0 Å². The van der Waals surface area contributed by atoms with Crippen LogP contribution in [0.15, 0.2) is 48.0 Å². The molecule has 0 unspecified atom stereocenters. The molecule has 0 atom stereocenters. The van der Waals surface area contributed by atoms with Gasteiger partial charge in [0.1, 0.15) is 0 Å². The van der Waals surface area contributed by atoms with Crippen LogP contribution >= 0.6 is 15.9 Å². The molecule has 0 fully saturated rings. The van der Waals surface area contributed by atoms with Gasteiger partial charge in [-0.2, -0.15) is 0 Å². The number of carbonyl (C=O) groups excluding carboxylic acids is 8. The Labute approximate surface area is 312 Å². The van der Waals surface area contributed by atoms with Gasteiger partial charge in [0.15, 0.2) is 5.78 Å². The van der Waals surface area contributed by atoms with E-state index in [-0.39, 0.29) is 83.0 Å². The first kappa shape index (κ1) is 52.9. The van der Waals surface area contributed by atoms with Crippen molar-refractivity contribution in [3.8, 4) is 24.7 Å². The zero-order valence-corrected chi connectivity index (χ0v) is 33.5. The molecule has 0 aromatic heterocycles. The van der Waals surface area contributed by atoms with E-state index in [4.69, 9.17) is 12.8 Å². The molecular weight excluding hydrogens is 720 g/mol. The van der Waals surface area contributed by atoms with Crippen molar-refractivity contribution in [3.63, 3.8) is 0 Å². The van der Waals surface area contributed by atoms with Crippen LogP contribution in [0.5, 0.6) is 0 Å². The summed E-state index contributed by atoms with van der Waals surface area (Å²) in [7, 11) is 0. The van der Waals surface area contributed by atoms with Crippen LogP contribution in [0, 0.1) is 36.5 Å². The van der Waals surface area contributed by atoms with Gasteiger partial charge in [-0.05, 0) is 95.3 Å². The number of rotatable bonds is 8. The summed E-state index contributed by atoms with van der Waals surface area (Å²) < 4.78 is 0.344. The predicted octanol–water partition coefficient (Wildman–Crippen LogP) is 4.45. The molecule has 12 nitrogen and oxygen atoms in total. The van der Waals surface area contributed by atoms with Crippen LogP contribution in [-0.2, 0) is 38.4 Å². The number of terminal acetylenes is 2. The molecule has 51 heavy (non-hydrogen) atoms. The second-order valence-corrected chi connectivity index (χ2v) is 13.0. The minimum atomic E-state index is -0.347. The maximum Gasteiger partial charge on any atom is 0.295 e. The highest BCUT2D eigenvalue weighted by atomic mass is 79.9. The molecule has 2 rings (SSSR count). The molecule has 0 aromatic carbocycles. The van der Waals surface area contributed by atoms with Crippen molar-refractivity contribution in [1.82, 2.24) is 20.4 Å². The topological polar surface area (TPSA) is 167 Å². The van der Waals surface area contributed by atoms with Crippen molar-refractivity contribution in [2.24, 2.45) is 11.8 Å². The van der Waals surface area contributed by atoms with E-state index in [1.165, 1.54) is 40.2 Å². The van der Waals surface area contributed by atoms with Crippen LogP contribution in [0.1, 0.15) is 83.1 Å². The summed E-state index contributed by atoms with van der Waals surface area (Å²) in [4.78, 5) is 87.6. The van der Waals surface area contributed by atoms with Crippen molar-refractivity contribution >= 4 is 62.9 Å². The third kappa shape index (κ3) is 26.6. The Morgan fingerprint density at radius 1 is 0.686 bits per heavy atom. The molecule has 2 aliphatic rings. The lowest BCUT2D eigenvalue weighted by Crippen LogP contribution is -2.36. The number of ketones is 2. The minimum absolute atomic E-state index is 0.00926. The molecule has 2 heterocycles. The standard InChI is InChI=1S/C7H8BrNO2.C7H9NO2.C6H11NO.C6H9NO.C6H10O.C6H8O/c1-4(2)9-6(10)3-5(8)7(9)11;1-5(2)8-6(9)3-4-7(8)10;2*1-4-6(8)7-5(2)3;2*1-4-6(7)5(2)3/h3-4H,1-2H3;3-5H,1-2H3;4-5H,1H2,2-3H3,(H,7,8);1,5H,2-3H3,(H,7,8);4-5H,1H2,2-3H3;1,5H,2-3H3. The van der Waals surface area contributed by atoms with Gasteiger partial charge in [-0.3, -0.25) is 48.2 Å². The fourth-order valence-corrected chi connectivity index (χ4v) is 3.30. The number of carbonyl (C=O) groups is 8. The number of amides is 6. The Kier molecular flexibility index (Phi) is 30.0. The van der Waals surface area contributed by atoms with Crippen LogP contribution in [0.25, 0.3) is 0 Å². The molecule has 0 aromatic rings. The summed E-state index contributed by atoms with van der Waals surface area (Å²) in [5, 5.41) is 5.15. The first-order chi connectivity index (χ1) is 23.4. The zero-order chi connectivity index (χ0) is 41.2. The number of hydrogen-bond acceptors (Lipinski definition) is 8. The summed E-state index contributed by atoms with van der Waals surface area (Å²) in [5.74, 6) is 2.70. The lowest BCUT2D eigenvalue weighted by atomic mass is 10.1. The molecule has 0 bridgehead atoms. The largest absolute Gasteiger partial charge is 0.350 e. The van der Waals surface area contributed by atoms with E-state index in [9.17, 15) is 38.4 Å². The van der Waals surface area contributed by atoms with Gasteiger partial charge in [0.05, 0.1) is 4.48 Å². The van der Waals surface area contributed by atoms with Crippen molar-refractivity contribution in [3.05, 3.63) is 48.0 Å². The van der Waals surface area contributed by atoms with E-state index >= 15 is 0 Å². The van der Waals surface area contributed by atoms with E-state index in [0.29, 0.717) is 4.48 Å². The van der Waals surface area contributed by atoms with E-state index < -0.39 is 0 Å². The second-order valence-electron chi connectivity index (χ2n) is 12.1. The Hall–Kier alpha value is -4.88. The van der Waals surface area contributed by atoms with Crippen molar-refractivity contribution in [1.29, 1.82) is 0 Å². The number of nitrogens with zero attached hydrogens (tertiary/aromatic N) is 2. The molecule has 6 amide bonds. The lowest BCUT2D eigenvalue weighted by molar-refractivity contribution is -0.140. The highest BCUT2D eigenvalue weighted by molar-refractivity contribution is 9.12. The van der Waals surface area contributed by atoms with Crippen LogP contribution in [-0.4, -0.2) is 81.0 Å². The average molecular weight is 776 g/mol. The van der Waals surface area contributed by atoms with E-state index in [0.717, 1.165) is 0 Å². The van der Waals surface area contributed by atoms with E-state index in [2.05, 4.69) is 39.7 Å². The molecular formula is C38H55BrN4O8. The summed E-state index contributed by atoms with van der Waals surface area (Å²) in [6, 6.07) is 0.246. The molecule has 13 heteroatoms. The summed E-state index contributed by atoms with van der Waals surface area (Å²) in [5.41, 5.74) is 0. The van der Waals surface area contributed by atoms with Gasteiger partial charge < -0.3 is 10.6 Å². The maximum absolute atomic E-state index is 11.1. The molecule has 0 saturated heterocycles. The molecule has 2 aliphatic heterocycles. The number of Topliss-reactive ketones (excluding diaryl/α,β-unsaturated/α-hetero) is 1. The summed E-state index contributed by atoms with van der Waals surface area (Å²) >= 11 is 3.00. The van der Waals surface area contributed by atoms with Gasteiger partial charge in [-0.1, -0.05) is 40.9 Å². The molecule has 0 saturated carbocycles. The van der Waals surface area contributed by atoms with Gasteiger partial charge in [-0.15, -0.1) is 12.8 Å². The zero-order valence-electron chi connectivity index (χ0n) is 32.0. The van der Waals surface area contributed by atoms with Gasteiger partial charge >= 0.3 is 0 Å². The predicted molar refractivity (Wildman–Crippen MR) is 204 cm³/mol. The molecule has 282 valence electrons. The van der Waals surface area contributed by atoms with Crippen molar-refractivity contribution in [2.45, 2.75) is 107 Å². The fraction of sp³-hybridized carbons (Fsp3) is 0.474. The highest BCUT2D eigenvalue weighted by Gasteiger charge is 2.31.